The SMILES string of the molecule is CCCNC(=O)CSc1ccc2ccccc2c1. The van der Waals surface area contributed by atoms with E-state index in [2.05, 4.69) is 42.6 Å². The van der Waals surface area contributed by atoms with Gasteiger partial charge in [0, 0.05) is 11.4 Å². The van der Waals surface area contributed by atoms with Crippen LogP contribution >= 0.6 is 11.8 Å². The highest BCUT2D eigenvalue weighted by atomic mass is 32.2. The van der Waals surface area contributed by atoms with Gasteiger partial charge in [0.05, 0.1) is 5.75 Å². The van der Waals surface area contributed by atoms with E-state index < -0.39 is 0 Å². The molecule has 2 aromatic carbocycles. The first-order valence-corrected chi connectivity index (χ1v) is 7.16. The molecule has 0 saturated heterocycles. The van der Waals surface area contributed by atoms with Crippen molar-refractivity contribution in [3.63, 3.8) is 0 Å². The Labute approximate surface area is 112 Å². The maximum Gasteiger partial charge on any atom is 0.230 e. The van der Waals surface area contributed by atoms with E-state index in [1.165, 1.54) is 10.8 Å². The second-order valence-electron chi connectivity index (χ2n) is 4.15. The molecule has 1 amide bonds. The number of hydrogen-bond acceptors (Lipinski definition) is 2. The van der Waals surface area contributed by atoms with Crippen LogP contribution in [-0.2, 0) is 4.79 Å². The van der Waals surface area contributed by atoms with Gasteiger partial charge in [-0.15, -0.1) is 11.8 Å². The molecule has 0 aliphatic carbocycles. The Bertz CT molecular complexity index is 539. The maximum atomic E-state index is 11.5. The van der Waals surface area contributed by atoms with Gasteiger partial charge in [-0.2, -0.15) is 0 Å². The van der Waals surface area contributed by atoms with Crippen molar-refractivity contribution in [1.29, 1.82) is 0 Å². The maximum absolute atomic E-state index is 11.5. The first-order chi connectivity index (χ1) is 8.79. The summed E-state index contributed by atoms with van der Waals surface area (Å²) in [7, 11) is 0. The lowest BCUT2D eigenvalue weighted by Gasteiger charge is -2.04. The van der Waals surface area contributed by atoms with E-state index in [4.69, 9.17) is 0 Å². The standard InChI is InChI=1S/C15H17NOS/c1-2-9-16-15(17)11-18-14-8-7-12-5-3-4-6-13(12)10-14/h3-8,10H,2,9,11H2,1H3,(H,16,17). The summed E-state index contributed by atoms with van der Waals surface area (Å²) in [6.07, 6.45) is 0.979. The summed E-state index contributed by atoms with van der Waals surface area (Å²) in [5.74, 6) is 0.591. The first-order valence-electron chi connectivity index (χ1n) is 6.18. The van der Waals surface area contributed by atoms with E-state index in [9.17, 15) is 4.79 Å². The van der Waals surface area contributed by atoms with E-state index in [1.807, 2.05) is 12.1 Å². The van der Waals surface area contributed by atoms with Crippen LogP contribution in [0.1, 0.15) is 13.3 Å². The monoisotopic (exact) mass is 259 g/mol. The molecule has 2 nitrogen and oxygen atoms in total. The van der Waals surface area contributed by atoms with Crippen molar-refractivity contribution >= 4 is 28.4 Å². The Morgan fingerprint density at radius 2 is 1.94 bits per heavy atom. The van der Waals surface area contributed by atoms with E-state index >= 15 is 0 Å². The molecular formula is C15H17NOS. The average Bonchev–Trinajstić information content (AvgIpc) is 2.42. The Morgan fingerprint density at radius 3 is 2.72 bits per heavy atom. The number of fused-ring (bicyclic) bond motifs is 1. The van der Waals surface area contributed by atoms with Crippen molar-refractivity contribution in [2.45, 2.75) is 18.2 Å². The summed E-state index contributed by atoms with van der Waals surface area (Å²) < 4.78 is 0. The zero-order valence-corrected chi connectivity index (χ0v) is 11.3. The molecule has 2 rings (SSSR count). The van der Waals surface area contributed by atoms with Crippen LogP contribution in [0.4, 0.5) is 0 Å². The largest absolute Gasteiger partial charge is 0.355 e. The van der Waals surface area contributed by atoms with Crippen molar-refractivity contribution < 1.29 is 4.79 Å². The van der Waals surface area contributed by atoms with Gasteiger partial charge in [-0.1, -0.05) is 37.3 Å². The fourth-order valence-electron chi connectivity index (χ4n) is 1.72. The van der Waals surface area contributed by atoms with Crippen molar-refractivity contribution in [2.24, 2.45) is 0 Å². The molecule has 18 heavy (non-hydrogen) atoms. The minimum absolute atomic E-state index is 0.106. The van der Waals surface area contributed by atoms with E-state index in [0.717, 1.165) is 17.9 Å². The summed E-state index contributed by atoms with van der Waals surface area (Å²) in [6.45, 7) is 2.81. The van der Waals surface area contributed by atoms with E-state index in [-0.39, 0.29) is 5.91 Å². The molecule has 1 N–H and O–H groups in total. The van der Waals surface area contributed by atoms with Crippen molar-refractivity contribution in [3.8, 4) is 0 Å². The van der Waals surface area contributed by atoms with Crippen LogP contribution in [-0.4, -0.2) is 18.2 Å². The number of carbonyl (C=O) groups is 1. The van der Waals surface area contributed by atoms with Gasteiger partial charge in [0.2, 0.25) is 5.91 Å². The number of amides is 1. The predicted octanol–water partition coefficient (Wildman–Crippen LogP) is 3.46. The molecule has 0 saturated carbocycles. The molecule has 94 valence electrons. The van der Waals surface area contributed by atoms with Gasteiger partial charge < -0.3 is 5.32 Å². The van der Waals surface area contributed by atoms with E-state index in [1.54, 1.807) is 11.8 Å². The molecule has 0 heterocycles. The Kier molecular flexibility index (Phi) is 4.65. The fourth-order valence-corrected chi connectivity index (χ4v) is 2.50. The number of benzene rings is 2. The van der Waals surface area contributed by atoms with E-state index in [0.29, 0.717) is 5.75 Å². The molecule has 0 fully saturated rings. The zero-order chi connectivity index (χ0) is 12.8. The summed E-state index contributed by atoms with van der Waals surface area (Å²) in [4.78, 5) is 12.6. The van der Waals surface area contributed by atoms with Gasteiger partial charge in [-0.3, -0.25) is 4.79 Å². The number of hydrogen-bond donors (Lipinski definition) is 1. The molecule has 0 bridgehead atoms. The minimum Gasteiger partial charge on any atom is -0.355 e. The third-order valence-corrected chi connectivity index (χ3v) is 3.66. The molecule has 0 unspecified atom stereocenters. The van der Waals surface area contributed by atoms with Crippen molar-refractivity contribution in [1.82, 2.24) is 5.32 Å². The van der Waals surface area contributed by atoms with Crippen LogP contribution in [0.15, 0.2) is 47.4 Å². The summed E-state index contributed by atoms with van der Waals surface area (Å²) >= 11 is 1.58. The first kappa shape index (κ1) is 13.0. The summed E-state index contributed by atoms with van der Waals surface area (Å²) in [6, 6.07) is 14.6. The minimum atomic E-state index is 0.106. The average molecular weight is 259 g/mol. The highest BCUT2D eigenvalue weighted by Gasteiger charge is 2.02. The summed E-state index contributed by atoms with van der Waals surface area (Å²) in [5.41, 5.74) is 0. The van der Waals surface area contributed by atoms with Crippen LogP contribution in [0, 0.1) is 0 Å². The van der Waals surface area contributed by atoms with Crippen LogP contribution in [0.25, 0.3) is 10.8 Å². The zero-order valence-electron chi connectivity index (χ0n) is 10.5. The lowest BCUT2D eigenvalue weighted by molar-refractivity contribution is -0.118. The van der Waals surface area contributed by atoms with Crippen molar-refractivity contribution in [3.05, 3.63) is 42.5 Å². The molecule has 0 aromatic heterocycles. The van der Waals surface area contributed by atoms with Gasteiger partial charge in [-0.05, 0) is 29.3 Å². The third kappa shape index (κ3) is 3.50. The van der Waals surface area contributed by atoms with Crippen molar-refractivity contribution in [2.75, 3.05) is 12.3 Å². The van der Waals surface area contributed by atoms with Gasteiger partial charge in [0.1, 0.15) is 0 Å². The second kappa shape index (κ2) is 6.45. The topological polar surface area (TPSA) is 29.1 Å². The van der Waals surface area contributed by atoms with Gasteiger partial charge in [0.15, 0.2) is 0 Å². The molecule has 0 aliphatic rings. The number of nitrogens with one attached hydrogen (secondary N) is 1. The smallest absolute Gasteiger partial charge is 0.230 e. The normalized spacial score (nSPS) is 10.5. The van der Waals surface area contributed by atoms with Crippen LogP contribution in [0.2, 0.25) is 0 Å². The molecule has 0 spiro atoms. The molecule has 0 aliphatic heterocycles. The summed E-state index contributed by atoms with van der Waals surface area (Å²) in [5, 5.41) is 5.33. The Hall–Kier alpha value is -1.48. The number of thioether (sulfide) groups is 1. The molecule has 3 heteroatoms. The van der Waals surface area contributed by atoms with Gasteiger partial charge in [-0.25, -0.2) is 0 Å². The van der Waals surface area contributed by atoms with Crippen LogP contribution in [0.3, 0.4) is 0 Å². The third-order valence-electron chi connectivity index (χ3n) is 2.66. The predicted molar refractivity (Wildman–Crippen MR) is 78.0 cm³/mol. The molecule has 0 atom stereocenters. The highest BCUT2D eigenvalue weighted by Crippen LogP contribution is 2.23. The van der Waals surface area contributed by atoms with Gasteiger partial charge >= 0.3 is 0 Å². The number of rotatable bonds is 5. The Balaban J connectivity index is 1.97. The molecular weight excluding hydrogens is 242 g/mol. The Morgan fingerprint density at radius 1 is 1.17 bits per heavy atom. The van der Waals surface area contributed by atoms with Gasteiger partial charge in [0.25, 0.3) is 0 Å². The quantitative estimate of drug-likeness (QED) is 0.833. The molecule has 2 aromatic rings. The fraction of sp³-hybridized carbons (Fsp3) is 0.267. The van der Waals surface area contributed by atoms with Crippen LogP contribution < -0.4 is 5.32 Å². The highest BCUT2D eigenvalue weighted by molar-refractivity contribution is 8.00. The van der Waals surface area contributed by atoms with Crippen LogP contribution in [0.5, 0.6) is 0 Å². The number of carbonyl (C=O) groups excluding carboxylic acids is 1. The second-order valence-corrected chi connectivity index (χ2v) is 5.20. The lowest BCUT2D eigenvalue weighted by atomic mass is 10.1. The lowest BCUT2D eigenvalue weighted by Crippen LogP contribution is -2.25. The molecule has 0 radical (unpaired) electrons.